The van der Waals surface area contributed by atoms with Gasteiger partial charge in [-0.3, -0.25) is 4.79 Å². The molecule has 14 heavy (non-hydrogen) atoms. The van der Waals surface area contributed by atoms with Gasteiger partial charge in [0, 0.05) is 0 Å². The Hall–Kier alpha value is -0.750. The molecule has 0 bridgehead atoms. The first-order valence-electron chi connectivity index (χ1n) is 4.07. The molecule has 0 aliphatic rings. The van der Waals surface area contributed by atoms with Crippen molar-refractivity contribution in [1.29, 1.82) is 0 Å². The smallest absolute Gasteiger partial charge is 0.337 e. The number of rotatable bonds is 5. The Kier molecular flexibility index (Phi) is 4.93. The zero-order valence-corrected chi connectivity index (χ0v) is 9.22. The van der Waals surface area contributed by atoms with Crippen LogP contribution in [0.5, 0.6) is 0 Å². The topological polar surface area (TPSA) is 86.6 Å². The van der Waals surface area contributed by atoms with Crippen molar-refractivity contribution in [3.05, 3.63) is 0 Å². The summed E-state index contributed by atoms with van der Waals surface area (Å²) in [6.07, 6.45) is 1.78. The number of thioether (sulfide) groups is 1. The lowest BCUT2D eigenvalue weighted by Crippen LogP contribution is -2.48. The third-order valence-corrected chi connectivity index (χ3v) is 2.71. The highest BCUT2D eigenvalue weighted by Gasteiger charge is 2.30. The number of carboxylic acids is 1. The van der Waals surface area contributed by atoms with E-state index in [1.54, 1.807) is 13.2 Å². The molecule has 0 saturated heterocycles. The van der Waals surface area contributed by atoms with Crippen molar-refractivity contribution in [1.82, 2.24) is 5.32 Å². The molecule has 0 aromatic carbocycles. The molecule has 1 amide bonds. The minimum atomic E-state index is -1.91. The van der Waals surface area contributed by atoms with E-state index in [1.807, 2.05) is 0 Å². The number of nitrogens with one attached hydrogen (secondary N) is 1. The molecule has 2 unspecified atom stereocenters. The van der Waals surface area contributed by atoms with Crippen LogP contribution in [0.3, 0.4) is 0 Å². The van der Waals surface area contributed by atoms with E-state index in [-0.39, 0.29) is 17.7 Å². The average Bonchev–Trinajstić information content (AvgIpc) is 2.12. The number of hydrogen-bond donors (Lipinski definition) is 3. The first-order chi connectivity index (χ1) is 6.31. The van der Waals surface area contributed by atoms with E-state index in [0.29, 0.717) is 0 Å². The van der Waals surface area contributed by atoms with E-state index < -0.39 is 11.6 Å². The molecule has 0 aliphatic heterocycles. The van der Waals surface area contributed by atoms with Crippen molar-refractivity contribution in [2.75, 3.05) is 12.8 Å². The lowest BCUT2D eigenvalue weighted by molar-refractivity contribution is -0.156. The highest BCUT2D eigenvalue weighted by atomic mass is 32.2. The van der Waals surface area contributed by atoms with E-state index in [2.05, 4.69) is 5.32 Å². The Morgan fingerprint density at radius 2 is 2.07 bits per heavy atom. The summed E-state index contributed by atoms with van der Waals surface area (Å²) in [7, 11) is 0. The summed E-state index contributed by atoms with van der Waals surface area (Å²) in [5.41, 5.74) is -1.91. The maximum absolute atomic E-state index is 11.2. The summed E-state index contributed by atoms with van der Waals surface area (Å²) in [5, 5.41) is 19.9. The summed E-state index contributed by atoms with van der Waals surface area (Å²) in [5.74, 6) is -1.63. The Bertz CT molecular complexity index is 229. The summed E-state index contributed by atoms with van der Waals surface area (Å²) in [6, 6.07) is 0. The van der Waals surface area contributed by atoms with Crippen LogP contribution in [-0.4, -0.2) is 45.7 Å². The lowest BCUT2D eigenvalue weighted by atomic mass is 10.1. The standard InChI is InChI=1S/C8H15NO4S/c1-5(14-3)6(10)9-4-8(2,13)7(11)12/h5,13H,4H2,1-3H3,(H,9,10)(H,11,12). The van der Waals surface area contributed by atoms with Gasteiger partial charge in [-0.1, -0.05) is 0 Å². The Labute approximate surface area is 86.9 Å². The molecule has 82 valence electrons. The third kappa shape index (κ3) is 3.97. The molecule has 0 fully saturated rings. The van der Waals surface area contributed by atoms with Gasteiger partial charge in [-0.2, -0.15) is 11.8 Å². The van der Waals surface area contributed by atoms with Gasteiger partial charge in [0.15, 0.2) is 5.60 Å². The number of carbonyl (C=O) groups excluding carboxylic acids is 1. The molecule has 0 heterocycles. The molecule has 0 aromatic heterocycles. The van der Waals surface area contributed by atoms with Gasteiger partial charge < -0.3 is 15.5 Å². The molecule has 0 aliphatic carbocycles. The third-order valence-electron chi connectivity index (χ3n) is 1.79. The van der Waals surface area contributed by atoms with Crippen molar-refractivity contribution < 1.29 is 19.8 Å². The van der Waals surface area contributed by atoms with Gasteiger partial charge in [0.25, 0.3) is 0 Å². The predicted octanol–water partition coefficient (Wildman–Crippen LogP) is -0.310. The molecule has 0 spiro atoms. The fourth-order valence-corrected chi connectivity index (χ4v) is 0.883. The van der Waals surface area contributed by atoms with Gasteiger partial charge >= 0.3 is 5.97 Å². The van der Waals surface area contributed by atoms with Crippen molar-refractivity contribution in [3.63, 3.8) is 0 Å². The highest BCUT2D eigenvalue weighted by molar-refractivity contribution is 7.99. The largest absolute Gasteiger partial charge is 0.479 e. The quantitative estimate of drug-likeness (QED) is 0.593. The highest BCUT2D eigenvalue weighted by Crippen LogP contribution is 2.06. The van der Waals surface area contributed by atoms with Gasteiger partial charge in [-0.05, 0) is 20.1 Å². The van der Waals surface area contributed by atoms with E-state index in [9.17, 15) is 14.7 Å². The lowest BCUT2D eigenvalue weighted by Gasteiger charge is -2.19. The maximum Gasteiger partial charge on any atom is 0.337 e. The van der Waals surface area contributed by atoms with Crippen molar-refractivity contribution in [2.45, 2.75) is 24.7 Å². The Morgan fingerprint density at radius 3 is 2.43 bits per heavy atom. The van der Waals surface area contributed by atoms with Crippen molar-refractivity contribution in [3.8, 4) is 0 Å². The second-order valence-electron chi connectivity index (χ2n) is 3.17. The molecule has 3 N–H and O–H groups in total. The molecule has 0 aromatic rings. The molecule has 5 nitrogen and oxygen atoms in total. The van der Waals surface area contributed by atoms with E-state index in [4.69, 9.17) is 5.11 Å². The summed E-state index contributed by atoms with van der Waals surface area (Å²) < 4.78 is 0. The number of aliphatic hydroxyl groups is 1. The summed E-state index contributed by atoms with van der Waals surface area (Å²) in [4.78, 5) is 21.7. The van der Waals surface area contributed by atoms with Gasteiger partial charge in [0.2, 0.25) is 5.91 Å². The first kappa shape index (κ1) is 13.2. The number of carboxylic acid groups (broad SMARTS) is 1. The molecular weight excluding hydrogens is 206 g/mol. The van der Waals surface area contributed by atoms with E-state index in [1.165, 1.54) is 11.8 Å². The van der Waals surface area contributed by atoms with Gasteiger partial charge in [-0.15, -0.1) is 0 Å². The second-order valence-corrected chi connectivity index (χ2v) is 4.35. The van der Waals surface area contributed by atoms with Crippen LogP contribution in [-0.2, 0) is 9.59 Å². The molecular formula is C8H15NO4S. The minimum Gasteiger partial charge on any atom is -0.479 e. The number of carbonyl (C=O) groups is 2. The van der Waals surface area contributed by atoms with Gasteiger partial charge in [-0.25, -0.2) is 4.79 Å². The zero-order chi connectivity index (χ0) is 11.4. The SMILES string of the molecule is CSC(C)C(=O)NCC(C)(O)C(=O)O. The molecule has 0 rings (SSSR count). The second kappa shape index (κ2) is 5.21. The predicted molar refractivity (Wildman–Crippen MR) is 54.2 cm³/mol. The van der Waals surface area contributed by atoms with Crippen molar-refractivity contribution in [2.24, 2.45) is 0 Å². The van der Waals surface area contributed by atoms with Crippen LogP contribution in [0.1, 0.15) is 13.8 Å². The molecule has 2 atom stereocenters. The average molecular weight is 221 g/mol. The fraction of sp³-hybridized carbons (Fsp3) is 0.750. The monoisotopic (exact) mass is 221 g/mol. The number of hydrogen-bond acceptors (Lipinski definition) is 4. The van der Waals surface area contributed by atoms with Crippen LogP contribution in [0.2, 0.25) is 0 Å². The van der Waals surface area contributed by atoms with E-state index >= 15 is 0 Å². The van der Waals surface area contributed by atoms with Crippen LogP contribution in [0.15, 0.2) is 0 Å². The molecule has 0 saturated carbocycles. The van der Waals surface area contributed by atoms with Crippen LogP contribution >= 0.6 is 11.8 Å². The van der Waals surface area contributed by atoms with Crippen LogP contribution in [0.4, 0.5) is 0 Å². The number of amides is 1. The first-order valence-corrected chi connectivity index (χ1v) is 5.36. The normalized spacial score (nSPS) is 16.9. The summed E-state index contributed by atoms with van der Waals surface area (Å²) in [6.45, 7) is 2.56. The minimum absolute atomic E-state index is 0.250. The maximum atomic E-state index is 11.2. The van der Waals surface area contributed by atoms with Gasteiger partial charge in [0.1, 0.15) is 0 Å². The van der Waals surface area contributed by atoms with Gasteiger partial charge in [0.05, 0.1) is 11.8 Å². The van der Waals surface area contributed by atoms with Crippen LogP contribution in [0, 0.1) is 0 Å². The summed E-state index contributed by atoms with van der Waals surface area (Å²) >= 11 is 1.35. The Balaban J connectivity index is 4.06. The zero-order valence-electron chi connectivity index (χ0n) is 8.40. The molecule has 0 radical (unpaired) electrons. The Morgan fingerprint density at radius 1 is 1.57 bits per heavy atom. The van der Waals surface area contributed by atoms with Crippen LogP contribution in [0.25, 0.3) is 0 Å². The fourth-order valence-electron chi connectivity index (χ4n) is 0.586. The van der Waals surface area contributed by atoms with Crippen LogP contribution < -0.4 is 5.32 Å². The molecule has 6 heteroatoms. The number of aliphatic carboxylic acids is 1. The van der Waals surface area contributed by atoms with E-state index in [0.717, 1.165) is 6.92 Å². The van der Waals surface area contributed by atoms with Crippen molar-refractivity contribution >= 4 is 23.6 Å².